The Kier molecular flexibility index (Phi) is 5.67. The largest absolute Gasteiger partial charge is 0.497 e. The fraction of sp³-hybridized carbons (Fsp3) is 0.316. The number of hydrogen-bond acceptors (Lipinski definition) is 4. The third kappa shape index (κ3) is 4.45. The molecular formula is C19H20BrNO4S. The monoisotopic (exact) mass is 437 g/mol. The lowest BCUT2D eigenvalue weighted by atomic mass is 10.1. The topological polar surface area (TPSA) is 63.7 Å². The van der Waals surface area contributed by atoms with E-state index in [1.165, 1.54) is 0 Å². The van der Waals surface area contributed by atoms with Crippen molar-refractivity contribution in [1.82, 2.24) is 4.90 Å². The first-order valence-corrected chi connectivity index (χ1v) is 10.9. The molecule has 0 aliphatic carbocycles. The van der Waals surface area contributed by atoms with Crippen LogP contribution in [-0.2, 0) is 16.4 Å². The van der Waals surface area contributed by atoms with Gasteiger partial charge in [-0.1, -0.05) is 28.1 Å². The third-order valence-electron chi connectivity index (χ3n) is 4.49. The van der Waals surface area contributed by atoms with Gasteiger partial charge in [-0.25, -0.2) is 8.42 Å². The molecule has 26 heavy (non-hydrogen) atoms. The van der Waals surface area contributed by atoms with Gasteiger partial charge in [0.2, 0.25) is 0 Å². The molecule has 0 aromatic heterocycles. The van der Waals surface area contributed by atoms with E-state index in [-0.39, 0.29) is 23.5 Å². The van der Waals surface area contributed by atoms with Crippen LogP contribution in [0.5, 0.6) is 5.75 Å². The van der Waals surface area contributed by atoms with E-state index >= 15 is 0 Å². The van der Waals surface area contributed by atoms with Gasteiger partial charge in [-0.05, 0) is 48.4 Å². The standard InChI is InChI=1S/C19H20BrNO4S/c1-25-18-7-5-15(6-8-18)19(22)21(17-9-10-26(23,24)13-17)12-14-3-2-4-16(20)11-14/h2-8,11,17H,9-10,12-13H2,1H3. The van der Waals surface area contributed by atoms with Gasteiger partial charge in [0.05, 0.1) is 18.6 Å². The number of nitrogens with zero attached hydrogens (tertiary/aromatic N) is 1. The highest BCUT2D eigenvalue weighted by Crippen LogP contribution is 2.24. The second kappa shape index (κ2) is 7.80. The molecule has 2 aromatic carbocycles. The summed E-state index contributed by atoms with van der Waals surface area (Å²) in [5, 5.41) is 0. The van der Waals surface area contributed by atoms with Crippen molar-refractivity contribution in [1.29, 1.82) is 0 Å². The Bertz CT molecular complexity index is 896. The van der Waals surface area contributed by atoms with Gasteiger partial charge >= 0.3 is 0 Å². The van der Waals surface area contributed by atoms with Crippen molar-refractivity contribution in [2.75, 3.05) is 18.6 Å². The van der Waals surface area contributed by atoms with Crippen LogP contribution in [0.15, 0.2) is 53.0 Å². The maximum absolute atomic E-state index is 13.1. The molecule has 1 saturated heterocycles. The van der Waals surface area contributed by atoms with Crippen molar-refractivity contribution in [3.63, 3.8) is 0 Å². The number of ether oxygens (including phenoxy) is 1. The van der Waals surface area contributed by atoms with Gasteiger partial charge in [-0.15, -0.1) is 0 Å². The van der Waals surface area contributed by atoms with E-state index in [1.54, 1.807) is 36.3 Å². The number of carbonyl (C=O) groups is 1. The van der Waals surface area contributed by atoms with Crippen molar-refractivity contribution in [3.05, 3.63) is 64.1 Å². The van der Waals surface area contributed by atoms with Crippen LogP contribution in [0.25, 0.3) is 0 Å². The predicted molar refractivity (Wildman–Crippen MR) is 104 cm³/mol. The van der Waals surface area contributed by atoms with E-state index in [1.807, 2.05) is 24.3 Å². The molecule has 2 aromatic rings. The van der Waals surface area contributed by atoms with Crippen LogP contribution in [0, 0.1) is 0 Å². The van der Waals surface area contributed by atoms with Gasteiger partial charge in [0.1, 0.15) is 5.75 Å². The average molecular weight is 438 g/mol. The maximum Gasteiger partial charge on any atom is 0.254 e. The molecular weight excluding hydrogens is 418 g/mol. The minimum Gasteiger partial charge on any atom is -0.497 e. The Morgan fingerprint density at radius 2 is 1.96 bits per heavy atom. The van der Waals surface area contributed by atoms with Crippen LogP contribution in [0.1, 0.15) is 22.3 Å². The van der Waals surface area contributed by atoms with Gasteiger partial charge in [-0.2, -0.15) is 0 Å². The van der Waals surface area contributed by atoms with Crippen LogP contribution >= 0.6 is 15.9 Å². The summed E-state index contributed by atoms with van der Waals surface area (Å²) in [7, 11) is -1.52. The summed E-state index contributed by atoms with van der Waals surface area (Å²) in [5.74, 6) is 0.643. The zero-order valence-corrected chi connectivity index (χ0v) is 16.8. The van der Waals surface area contributed by atoms with Gasteiger partial charge < -0.3 is 9.64 Å². The number of sulfone groups is 1. The summed E-state index contributed by atoms with van der Waals surface area (Å²) in [6.07, 6.45) is 0.470. The fourth-order valence-electron chi connectivity index (χ4n) is 3.12. The molecule has 0 radical (unpaired) electrons. The molecule has 0 spiro atoms. The first kappa shape index (κ1) is 18.9. The molecule has 1 unspecified atom stereocenters. The molecule has 1 atom stereocenters. The Hall–Kier alpha value is -1.86. The summed E-state index contributed by atoms with van der Waals surface area (Å²) in [5.41, 5.74) is 1.47. The number of halogens is 1. The molecule has 5 nitrogen and oxygen atoms in total. The molecule has 1 aliphatic heterocycles. The van der Waals surface area contributed by atoms with Crippen LogP contribution in [0.3, 0.4) is 0 Å². The lowest BCUT2D eigenvalue weighted by Gasteiger charge is -2.28. The van der Waals surface area contributed by atoms with Gasteiger partial charge in [0.15, 0.2) is 9.84 Å². The van der Waals surface area contributed by atoms with Crippen LogP contribution in [0.4, 0.5) is 0 Å². The molecule has 1 aliphatic rings. The van der Waals surface area contributed by atoms with E-state index in [0.29, 0.717) is 24.3 Å². The minimum absolute atomic E-state index is 0.0168. The Morgan fingerprint density at radius 1 is 1.23 bits per heavy atom. The lowest BCUT2D eigenvalue weighted by Crippen LogP contribution is -2.40. The van der Waals surface area contributed by atoms with Crippen molar-refractivity contribution in [3.8, 4) is 5.75 Å². The number of benzene rings is 2. The predicted octanol–water partition coefficient (Wildman–Crippen LogP) is 3.29. The summed E-state index contributed by atoms with van der Waals surface area (Å²) in [6.45, 7) is 0.366. The second-order valence-corrected chi connectivity index (χ2v) is 9.49. The number of amides is 1. The molecule has 1 fully saturated rings. The molecule has 0 bridgehead atoms. The zero-order chi connectivity index (χ0) is 18.7. The van der Waals surface area contributed by atoms with E-state index in [4.69, 9.17) is 4.74 Å². The van der Waals surface area contributed by atoms with Crippen molar-refractivity contribution in [2.24, 2.45) is 0 Å². The van der Waals surface area contributed by atoms with Crippen molar-refractivity contribution >= 4 is 31.7 Å². The van der Waals surface area contributed by atoms with Crippen LogP contribution < -0.4 is 4.74 Å². The minimum atomic E-state index is -3.09. The highest BCUT2D eigenvalue weighted by molar-refractivity contribution is 9.10. The Labute approximate surface area is 162 Å². The molecule has 138 valence electrons. The Balaban J connectivity index is 1.89. The number of rotatable bonds is 5. The average Bonchev–Trinajstić information content (AvgIpc) is 2.99. The number of carbonyl (C=O) groups excluding carboxylic acids is 1. The van der Waals surface area contributed by atoms with E-state index < -0.39 is 9.84 Å². The van der Waals surface area contributed by atoms with Crippen molar-refractivity contribution in [2.45, 2.75) is 19.0 Å². The van der Waals surface area contributed by atoms with E-state index in [0.717, 1.165) is 10.0 Å². The molecule has 0 saturated carbocycles. The van der Waals surface area contributed by atoms with E-state index in [9.17, 15) is 13.2 Å². The first-order valence-electron chi connectivity index (χ1n) is 8.28. The smallest absolute Gasteiger partial charge is 0.254 e. The SMILES string of the molecule is COc1ccc(C(=O)N(Cc2cccc(Br)c2)C2CCS(=O)(=O)C2)cc1. The summed E-state index contributed by atoms with van der Waals surface area (Å²) in [6, 6.07) is 14.3. The Morgan fingerprint density at radius 3 is 2.54 bits per heavy atom. The zero-order valence-electron chi connectivity index (χ0n) is 14.4. The first-order chi connectivity index (χ1) is 12.4. The molecule has 3 rings (SSSR count). The maximum atomic E-state index is 13.1. The normalized spacial score (nSPS) is 18.5. The van der Waals surface area contributed by atoms with E-state index in [2.05, 4.69) is 15.9 Å². The molecule has 7 heteroatoms. The van der Waals surface area contributed by atoms with Gasteiger partial charge in [0.25, 0.3) is 5.91 Å². The highest BCUT2D eigenvalue weighted by Gasteiger charge is 2.35. The van der Waals surface area contributed by atoms with Gasteiger partial charge in [-0.3, -0.25) is 4.79 Å². The van der Waals surface area contributed by atoms with Crippen LogP contribution in [-0.4, -0.2) is 43.9 Å². The quantitative estimate of drug-likeness (QED) is 0.719. The van der Waals surface area contributed by atoms with Crippen molar-refractivity contribution < 1.29 is 17.9 Å². The molecule has 1 amide bonds. The summed E-state index contributed by atoms with van der Waals surface area (Å²) >= 11 is 3.44. The third-order valence-corrected chi connectivity index (χ3v) is 6.73. The molecule has 0 N–H and O–H groups in total. The second-order valence-electron chi connectivity index (χ2n) is 6.35. The summed E-state index contributed by atoms with van der Waals surface area (Å²) in [4.78, 5) is 14.8. The highest BCUT2D eigenvalue weighted by atomic mass is 79.9. The number of hydrogen-bond donors (Lipinski definition) is 0. The fourth-order valence-corrected chi connectivity index (χ4v) is 5.30. The van der Waals surface area contributed by atoms with Crippen LogP contribution in [0.2, 0.25) is 0 Å². The summed E-state index contributed by atoms with van der Waals surface area (Å²) < 4.78 is 29.9. The number of methoxy groups -OCH3 is 1. The lowest BCUT2D eigenvalue weighted by molar-refractivity contribution is 0.0681. The van der Waals surface area contributed by atoms with Gasteiger partial charge in [0, 0.05) is 22.6 Å². The molecule has 1 heterocycles.